The van der Waals surface area contributed by atoms with Gasteiger partial charge in [0.05, 0.1) is 18.8 Å². The number of carbonyl (C=O) groups is 1. The molecule has 0 radical (unpaired) electrons. The first kappa shape index (κ1) is 21.7. The number of hydrogen-bond acceptors (Lipinski definition) is 6. The van der Waals surface area contributed by atoms with Crippen LogP contribution >= 0.6 is 0 Å². The Morgan fingerprint density at radius 3 is 2.26 bits per heavy atom. The van der Waals surface area contributed by atoms with E-state index in [2.05, 4.69) is 11.8 Å². The zero-order valence-corrected chi connectivity index (χ0v) is 17.0. The molecule has 1 aromatic rings. The maximum absolute atomic E-state index is 11.7. The molecule has 27 heavy (non-hydrogen) atoms. The molecule has 0 heterocycles. The molecule has 1 aliphatic rings. The lowest BCUT2D eigenvalue weighted by Gasteiger charge is -2.45. The van der Waals surface area contributed by atoms with Gasteiger partial charge < -0.3 is 24.6 Å². The van der Waals surface area contributed by atoms with Crippen LogP contribution in [0.4, 0.5) is 5.69 Å². The number of aliphatic hydroxyl groups is 2. The molecule has 2 N–H and O–H groups in total. The highest BCUT2D eigenvalue weighted by Gasteiger charge is 2.46. The van der Waals surface area contributed by atoms with E-state index in [1.165, 1.54) is 0 Å². The normalized spacial score (nSPS) is 25.0. The average Bonchev–Trinajstić information content (AvgIpc) is 2.61. The molecule has 1 fully saturated rings. The first-order valence-corrected chi connectivity index (χ1v) is 9.64. The lowest BCUT2D eigenvalue weighted by Crippen LogP contribution is -2.51. The van der Waals surface area contributed by atoms with Gasteiger partial charge in [0.15, 0.2) is 0 Å². The third kappa shape index (κ3) is 5.67. The maximum Gasteiger partial charge on any atom is 0.332 e. The Hall–Kier alpha value is -1.63. The van der Waals surface area contributed by atoms with Crippen LogP contribution in [0, 0.1) is 5.92 Å². The molecule has 6 heteroatoms. The number of carbonyl (C=O) groups excluding carboxylic acids is 1. The summed E-state index contributed by atoms with van der Waals surface area (Å²) in [4.78, 5) is 13.8. The molecular formula is C21H33NO5. The van der Waals surface area contributed by atoms with Crippen molar-refractivity contribution in [2.75, 3.05) is 31.2 Å². The minimum Gasteiger partial charge on any atom is -0.458 e. The van der Waals surface area contributed by atoms with Crippen LogP contribution in [-0.2, 0) is 14.3 Å². The Labute approximate surface area is 162 Å². The maximum atomic E-state index is 11.7. The average molecular weight is 379 g/mol. The van der Waals surface area contributed by atoms with Gasteiger partial charge in [0, 0.05) is 30.6 Å². The summed E-state index contributed by atoms with van der Waals surface area (Å²) in [5.74, 6) is -0.646. The molecule has 0 spiro atoms. The fourth-order valence-corrected chi connectivity index (χ4v) is 3.39. The third-order valence-electron chi connectivity index (χ3n) is 4.98. The second kappa shape index (κ2) is 9.04. The van der Waals surface area contributed by atoms with Crippen LogP contribution in [-0.4, -0.2) is 60.3 Å². The monoisotopic (exact) mass is 379 g/mol. The zero-order valence-electron chi connectivity index (χ0n) is 17.0. The van der Waals surface area contributed by atoms with Crippen molar-refractivity contribution in [3.05, 3.63) is 29.8 Å². The molecular weight excluding hydrogens is 346 g/mol. The minimum atomic E-state index is -0.503. The molecule has 1 aromatic carbocycles. The predicted octanol–water partition coefficient (Wildman–Crippen LogP) is 2.33. The molecule has 2 atom stereocenters. The van der Waals surface area contributed by atoms with Crippen molar-refractivity contribution < 1.29 is 24.5 Å². The number of anilines is 1. The van der Waals surface area contributed by atoms with Crippen LogP contribution in [0.2, 0.25) is 0 Å². The summed E-state index contributed by atoms with van der Waals surface area (Å²) >= 11 is 0. The topological polar surface area (TPSA) is 79.2 Å². The fraction of sp³-hybridized carbons (Fsp3) is 0.667. The van der Waals surface area contributed by atoms with Gasteiger partial charge in [0.2, 0.25) is 0 Å². The van der Waals surface area contributed by atoms with E-state index in [-0.39, 0.29) is 24.4 Å². The standard InChI is InChI=1S/C21H33NO5/c1-6-22(11-12-26-13-17(23)27-21(3,4)5)16-9-7-15(8-10-16)18-19(24)14(2)20(18)25/h7-10,14,18-20,24-25H,6,11-13H2,1-5H3. The highest BCUT2D eigenvalue weighted by molar-refractivity contribution is 5.71. The number of likely N-dealkylation sites (N-methyl/N-ethyl adjacent to an activating group) is 1. The quantitative estimate of drug-likeness (QED) is 0.533. The second-order valence-corrected chi connectivity index (χ2v) is 8.18. The number of ether oxygens (including phenoxy) is 2. The molecule has 2 unspecified atom stereocenters. The van der Waals surface area contributed by atoms with Crippen LogP contribution in [0.15, 0.2) is 24.3 Å². The third-order valence-corrected chi connectivity index (χ3v) is 4.98. The van der Waals surface area contributed by atoms with Crippen molar-refractivity contribution in [3.8, 4) is 0 Å². The summed E-state index contributed by atoms with van der Waals surface area (Å²) < 4.78 is 10.7. The van der Waals surface area contributed by atoms with Crippen molar-refractivity contribution in [1.29, 1.82) is 0 Å². The number of nitrogens with zero attached hydrogens (tertiary/aromatic N) is 1. The van der Waals surface area contributed by atoms with Crippen molar-refractivity contribution in [3.63, 3.8) is 0 Å². The summed E-state index contributed by atoms with van der Waals surface area (Å²) in [6.45, 7) is 11.2. The zero-order chi connectivity index (χ0) is 20.2. The number of esters is 1. The molecule has 0 saturated heterocycles. The molecule has 152 valence electrons. The van der Waals surface area contributed by atoms with E-state index in [1.54, 1.807) is 0 Å². The second-order valence-electron chi connectivity index (χ2n) is 8.18. The lowest BCUT2D eigenvalue weighted by molar-refractivity contribution is -0.160. The number of rotatable bonds is 8. The number of hydrogen-bond donors (Lipinski definition) is 2. The van der Waals surface area contributed by atoms with E-state index < -0.39 is 17.8 Å². The van der Waals surface area contributed by atoms with Gasteiger partial charge in [-0.25, -0.2) is 4.79 Å². The van der Waals surface area contributed by atoms with Crippen LogP contribution < -0.4 is 4.90 Å². The van der Waals surface area contributed by atoms with E-state index >= 15 is 0 Å². The van der Waals surface area contributed by atoms with Gasteiger partial charge in [-0.1, -0.05) is 19.1 Å². The van der Waals surface area contributed by atoms with Gasteiger partial charge in [0.1, 0.15) is 12.2 Å². The van der Waals surface area contributed by atoms with Gasteiger partial charge >= 0.3 is 5.97 Å². The van der Waals surface area contributed by atoms with Crippen molar-refractivity contribution in [1.82, 2.24) is 0 Å². The Morgan fingerprint density at radius 1 is 1.15 bits per heavy atom. The molecule has 6 nitrogen and oxygen atoms in total. The number of benzene rings is 1. The van der Waals surface area contributed by atoms with E-state index in [4.69, 9.17) is 9.47 Å². The van der Waals surface area contributed by atoms with E-state index in [1.807, 2.05) is 52.0 Å². The predicted molar refractivity (Wildman–Crippen MR) is 105 cm³/mol. The highest BCUT2D eigenvalue weighted by Crippen LogP contribution is 2.42. The Morgan fingerprint density at radius 2 is 1.74 bits per heavy atom. The van der Waals surface area contributed by atoms with E-state index in [9.17, 15) is 15.0 Å². The van der Waals surface area contributed by atoms with E-state index in [0.29, 0.717) is 13.2 Å². The molecule has 1 saturated carbocycles. The summed E-state index contributed by atoms with van der Waals surface area (Å²) in [6, 6.07) is 7.91. The molecule has 0 amide bonds. The Balaban J connectivity index is 1.82. The molecule has 2 rings (SSSR count). The molecule has 1 aliphatic carbocycles. The highest BCUT2D eigenvalue weighted by atomic mass is 16.6. The largest absolute Gasteiger partial charge is 0.458 e. The summed E-state index contributed by atoms with van der Waals surface area (Å²) in [7, 11) is 0. The smallest absolute Gasteiger partial charge is 0.332 e. The van der Waals surface area contributed by atoms with Gasteiger partial charge in [-0.05, 0) is 45.4 Å². The van der Waals surface area contributed by atoms with Gasteiger partial charge in [-0.3, -0.25) is 0 Å². The Kier molecular flexibility index (Phi) is 7.25. The first-order valence-electron chi connectivity index (χ1n) is 9.64. The van der Waals surface area contributed by atoms with Gasteiger partial charge in [-0.2, -0.15) is 0 Å². The van der Waals surface area contributed by atoms with Crippen LogP contribution in [0.3, 0.4) is 0 Å². The summed E-state index contributed by atoms with van der Waals surface area (Å²) in [5.41, 5.74) is 1.49. The number of aliphatic hydroxyl groups excluding tert-OH is 2. The summed E-state index contributed by atoms with van der Waals surface area (Å²) in [5, 5.41) is 20.1. The van der Waals surface area contributed by atoms with Crippen molar-refractivity contribution in [2.45, 2.75) is 58.3 Å². The van der Waals surface area contributed by atoms with Crippen molar-refractivity contribution >= 4 is 11.7 Å². The van der Waals surface area contributed by atoms with Crippen LogP contribution in [0.1, 0.15) is 46.1 Å². The Bertz CT molecular complexity index is 600. The van der Waals surface area contributed by atoms with Crippen LogP contribution in [0.5, 0.6) is 0 Å². The van der Waals surface area contributed by atoms with Gasteiger partial charge in [-0.15, -0.1) is 0 Å². The van der Waals surface area contributed by atoms with Crippen LogP contribution in [0.25, 0.3) is 0 Å². The molecule has 0 aromatic heterocycles. The minimum absolute atomic E-state index is 0.0522. The molecule has 0 aliphatic heterocycles. The summed E-state index contributed by atoms with van der Waals surface area (Å²) in [6.07, 6.45) is -0.983. The van der Waals surface area contributed by atoms with Gasteiger partial charge in [0.25, 0.3) is 0 Å². The fourth-order valence-electron chi connectivity index (χ4n) is 3.39. The van der Waals surface area contributed by atoms with E-state index in [0.717, 1.165) is 17.8 Å². The first-order chi connectivity index (χ1) is 12.6. The van der Waals surface area contributed by atoms with Crippen molar-refractivity contribution in [2.24, 2.45) is 5.92 Å². The lowest BCUT2D eigenvalue weighted by atomic mass is 9.67. The SMILES string of the molecule is CCN(CCOCC(=O)OC(C)(C)C)c1ccc(C2C(O)C(C)C2O)cc1. The molecule has 0 bridgehead atoms.